The number of anilines is 1. The molecule has 19 heavy (non-hydrogen) atoms. The third-order valence-corrected chi connectivity index (χ3v) is 4.33. The minimum Gasteiger partial charge on any atom is -0.327 e. The minimum atomic E-state index is 0.105. The van der Waals surface area contributed by atoms with Gasteiger partial charge in [-0.2, -0.15) is 0 Å². The van der Waals surface area contributed by atoms with Gasteiger partial charge in [0.05, 0.1) is 18.8 Å². The molecule has 1 amide bonds. The summed E-state index contributed by atoms with van der Waals surface area (Å²) in [6.07, 6.45) is 2.53. The van der Waals surface area contributed by atoms with Gasteiger partial charge in [-0.25, -0.2) is 0 Å². The standard InChI is InChI=1S/C15H21BrN2O/c1-11-5-6-14(13(16)8-11)17-15(19)10-18-7-3-4-12(2)9-18/h5-6,8,12H,3-4,7,9-10H2,1-2H3,(H,17,19)/p+1/t12-/m0/s1. The second-order valence-corrected chi connectivity index (χ2v) is 6.51. The summed E-state index contributed by atoms with van der Waals surface area (Å²) in [4.78, 5) is 13.5. The maximum atomic E-state index is 12.1. The molecule has 1 aliphatic rings. The molecule has 2 atom stereocenters. The van der Waals surface area contributed by atoms with Crippen LogP contribution in [0.3, 0.4) is 0 Å². The van der Waals surface area contributed by atoms with Crippen LogP contribution < -0.4 is 10.2 Å². The van der Waals surface area contributed by atoms with Crippen molar-refractivity contribution >= 4 is 27.5 Å². The zero-order chi connectivity index (χ0) is 13.8. The van der Waals surface area contributed by atoms with Crippen LogP contribution in [0.4, 0.5) is 5.69 Å². The summed E-state index contributed by atoms with van der Waals surface area (Å²) in [5.74, 6) is 0.844. The largest absolute Gasteiger partial charge is 0.327 e. The van der Waals surface area contributed by atoms with Crippen molar-refractivity contribution in [2.45, 2.75) is 26.7 Å². The van der Waals surface area contributed by atoms with E-state index >= 15 is 0 Å². The predicted octanol–water partition coefficient (Wildman–Crippen LogP) is 2.01. The van der Waals surface area contributed by atoms with Gasteiger partial charge in [0.25, 0.3) is 5.91 Å². The van der Waals surface area contributed by atoms with Crippen molar-refractivity contribution in [1.29, 1.82) is 0 Å². The molecule has 1 unspecified atom stereocenters. The predicted molar refractivity (Wildman–Crippen MR) is 81.5 cm³/mol. The second kappa shape index (κ2) is 6.53. The molecule has 0 saturated carbocycles. The molecule has 2 N–H and O–H groups in total. The average Bonchev–Trinajstić information content (AvgIpc) is 2.33. The molecule has 1 aliphatic heterocycles. The molecular weight excluding hydrogens is 304 g/mol. The van der Waals surface area contributed by atoms with E-state index in [0.29, 0.717) is 6.54 Å². The molecule has 0 bridgehead atoms. The number of piperidine rings is 1. The normalized spacial score (nSPS) is 23.1. The van der Waals surface area contributed by atoms with Gasteiger partial charge in [0, 0.05) is 10.4 Å². The number of aryl methyl sites for hydroxylation is 1. The van der Waals surface area contributed by atoms with Crippen LogP contribution in [0.1, 0.15) is 25.3 Å². The molecule has 0 aliphatic carbocycles. The summed E-state index contributed by atoms with van der Waals surface area (Å²) in [6, 6.07) is 5.98. The highest BCUT2D eigenvalue weighted by Gasteiger charge is 2.22. The number of halogens is 1. The van der Waals surface area contributed by atoms with Crippen LogP contribution in [0.5, 0.6) is 0 Å². The highest BCUT2D eigenvalue weighted by atomic mass is 79.9. The lowest BCUT2D eigenvalue weighted by Crippen LogP contribution is -3.14. The molecular formula is C15H22BrN2O+. The molecule has 2 rings (SSSR count). The molecule has 0 radical (unpaired) electrons. The second-order valence-electron chi connectivity index (χ2n) is 5.66. The summed E-state index contributed by atoms with van der Waals surface area (Å²) in [5.41, 5.74) is 2.04. The number of benzene rings is 1. The van der Waals surface area contributed by atoms with Crippen molar-refractivity contribution in [2.24, 2.45) is 5.92 Å². The fourth-order valence-electron chi connectivity index (χ4n) is 2.70. The first kappa shape index (κ1) is 14.5. The van der Waals surface area contributed by atoms with Gasteiger partial charge in [0.1, 0.15) is 0 Å². The van der Waals surface area contributed by atoms with Crippen LogP contribution in [0.2, 0.25) is 0 Å². The first-order valence-electron chi connectivity index (χ1n) is 6.94. The van der Waals surface area contributed by atoms with Gasteiger partial charge in [-0.3, -0.25) is 4.79 Å². The first-order chi connectivity index (χ1) is 9.04. The first-order valence-corrected chi connectivity index (χ1v) is 7.73. The number of likely N-dealkylation sites (tertiary alicyclic amines) is 1. The Kier molecular flexibility index (Phi) is 4.99. The molecule has 1 aromatic rings. The van der Waals surface area contributed by atoms with Crippen molar-refractivity contribution in [2.75, 3.05) is 25.0 Å². The lowest BCUT2D eigenvalue weighted by atomic mass is 10.0. The van der Waals surface area contributed by atoms with Gasteiger partial charge in [-0.05, 0) is 53.4 Å². The van der Waals surface area contributed by atoms with Crippen molar-refractivity contribution in [3.8, 4) is 0 Å². The van der Waals surface area contributed by atoms with Crippen LogP contribution in [-0.2, 0) is 4.79 Å². The summed E-state index contributed by atoms with van der Waals surface area (Å²) in [5, 5.41) is 2.99. The Labute approximate surface area is 123 Å². The average molecular weight is 326 g/mol. The van der Waals surface area contributed by atoms with Crippen LogP contribution in [0.25, 0.3) is 0 Å². The van der Waals surface area contributed by atoms with E-state index < -0.39 is 0 Å². The van der Waals surface area contributed by atoms with Gasteiger partial charge in [-0.1, -0.05) is 13.0 Å². The van der Waals surface area contributed by atoms with E-state index in [1.54, 1.807) is 0 Å². The Hall–Kier alpha value is -0.870. The Morgan fingerprint density at radius 2 is 2.32 bits per heavy atom. The van der Waals surface area contributed by atoms with Crippen LogP contribution in [0, 0.1) is 12.8 Å². The molecule has 104 valence electrons. The number of hydrogen-bond acceptors (Lipinski definition) is 1. The van der Waals surface area contributed by atoms with Crippen LogP contribution >= 0.6 is 15.9 Å². The van der Waals surface area contributed by atoms with E-state index in [1.807, 2.05) is 25.1 Å². The Morgan fingerprint density at radius 3 is 3.00 bits per heavy atom. The SMILES string of the molecule is Cc1ccc(NC(=O)C[NH+]2CCC[C@H](C)C2)c(Br)c1. The smallest absolute Gasteiger partial charge is 0.279 e. The Balaban J connectivity index is 1.90. The number of rotatable bonds is 3. The van der Waals surface area contributed by atoms with E-state index in [-0.39, 0.29) is 5.91 Å². The zero-order valence-electron chi connectivity index (χ0n) is 11.6. The quantitative estimate of drug-likeness (QED) is 0.875. The van der Waals surface area contributed by atoms with Gasteiger partial charge >= 0.3 is 0 Å². The molecule has 4 heteroatoms. The minimum absolute atomic E-state index is 0.105. The van der Waals surface area contributed by atoms with Crippen molar-refractivity contribution in [1.82, 2.24) is 0 Å². The van der Waals surface area contributed by atoms with Crippen LogP contribution in [-0.4, -0.2) is 25.5 Å². The summed E-state index contributed by atoms with van der Waals surface area (Å²) >= 11 is 3.49. The lowest BCUT2D eigenvalue weighted by molar-refractivity contribution is -0.900. The monoisotopic (exact) mass is 325 g/mol. The van der Waals surface area contributed by atoms with Gasteiger partial charge < -0.3 is 10.2 Å². The maximum Gasteiger partial charge on any atom is 0.279 e. The number of quaternary nitrogens is 1. The lowest BCUT2D eigenvalue weighted by Gasteiger charge is -2.27. The van der Waals surface area contributed by atoms with E-state index in [0.717, 1.165) is 29.2 Å². The molecule has 1 aromatic carbocycles. The topological polar surface area (TPSA) is 33.5 Å². The van der Waals surface area contributed by atoms with Crippen molar-refractivity contribution in [3.05, 3.63) is 28.2 Å². The third kappa shape index (κ3) is 4.32. The zero-order valence-corrected chi connectivity index (χ0v) is 13.2. The number of nitrogens with one attached hydrogen (secondary N) is 2. The van der Waals surface area contributed by atoms with E-state index in [2.05, 4.69) is 28.2 Å². The Bertz CT molecular complexity index is 461. The van der Waals surface area contributed by atoms with Gasteiger partial charge in [-0.15, -0.1) is 0 Å². The van der Waals surface area contributed by atoms with Gasteiger partial charge in [0.15, 0.2) is 6.54 Å². The molecule has 0 aromatic heterocycles. The fourth-order valence-corrected chi connectivity index (χ4v) is 3.29. The van der Waals surface area contributed by atoms with Gasteiger partial charge in [0.2, 0.25) is 0 Å². The summed E-state index contributed by atoms with van der Waals surface area (Å²) in [7, 11) is 0. The molecule has 1 fully saturated rings. The van der Waals surface area contributed by atoms with Crippen LogP contribution in [0.15, 0.2) is 22.7 Å². The molecule has 0 spiro atoms. The summed E-state index contributed by atoms with van der Waals surface area (Å²) < 4.78 is 0.947. The number of carbonyl (C=O) groups excluding carboxylic acids is 1. The van der Waals surface area contributed by atoms with E-state index in [1.165, 1.54) is 23.3 Å². The van der Waals surface area contributed by atoms with Crippen molar-refractivity contribution < 1.29 is 9.69 Å². The third-order valence-electron chi connectivity index (χ3n) is 3.67. The number of carbonyl (C=O) groups is 1. The highest BCUT2D eigenvalue weighted by Crippen LogP contribution is 2.23. The fraction of sp³-hybridized carbons (Fsp3) is 0.533. The highest BCUT2D eigenvalue weighted by molar-refractivity contribution is 9.10. The van der Waals surface area contributed by atoms with E-state index in [9.17, 15) is 4.79 Å². The molecule has 3 nitrogen and oxygen atoms in total. The number of amides is 1. The van der Waals surface area contributed by atoms with E-state index in [4.69, 9.17) is 0 Å². The Morgan fingerprint density at radius 1 is 1.53 bits per heavy atom. The maximum absolute atomic E-state index is 12.1. The van der Waals surface area contributed by atoms with Crippen molar-refractivity contribution in [3.63, 3.8) is 0 Å². The molecule has 1 saturated heterocycles. The summed E-state index contributed by atoms with van der Waals surface area (Å²) in [6.45, 7) is 7.11. The number of hydrogen-bond donors (Lipinski definition) is 2. The molecule has 1 heterocycles.